The van der Waals surface area contributed by atoms with Crippen LogP contribution in [0.3, 0.4) is 0 Å². The molecule has 1 saturated heterocycles. The standard InChI is InChI=1S/C18H25N5O2/c1-22(12-17-20-7-4-16(19)21-17)15-3-2-8-23(9-5-15)18(24)11-14-6-10-25-13-14/h4,6-7,10,13,15H,2-3,5,8-9,11-12H2,1H3,(H2,19,20,21). The smallest absolute Gasteiger partial charge is 0.227 e. The molecule has 7 heteroatoms. The maximum atomic E-state index is 12.5. The van der Waals surface area contributed by atoms with Gasteiger partial charge in [0.05, 0.1) is 25.5 Å². The second-order valence-electron chi connectivity index (χ2n) is 6.59. The number of hydrogen-bond acceptors (Lipinski definition) is 6. The van der Waals surface area contributed by atoms with Gasteiger partial charge in [-0.05, 0) is 44.0 Å². The Morgan fingerprint density at radius 1 is 1.40 bits per heavy atom. The van der Waals surface area contributed by atoms with E-state index >= 15 is 0 Å². The van der Waals surface area contributed by atoms with Crippen LogP contribution in [0.4, 0.5) is 5.82 Å². The first-order chi connectivity index (χ1) is 12.1. The van der Waals surface area contributed by atoms with E-state index in [-0.39, 0.29) is 5.91 Å². The third kappa shape index (κ3) is 4.79. The predicted octanol–water partition coefficient (Wildman–Crippen LogP) is 1.71. The first-order valence-electron chi connectivity index (χ1n) is 8.68. The number of aromatic nitrogens is 2. The van der Waals surface area contributed by atoms with Crippen LogP contribution < -0.4 is 5.73 Å². The van der Waals surface area contributed by atoms with Crippen molar-refractivity contribution in [1.82, 2.24) is 19.8 Å². The minimum atomic E-state index is 0.170. The maximum Gasteiger partial charge on any atom is 0.227 e. The SMILES string of the molecule is CN(Cc1nccc(N)n1)C1CCCN(C(=O)Cc2ccoc2)CC1. The van der Waals surface area contributed by atoms with Crippen LogP contribution in [0.2, 0.25) is 0 Å². The molecule has 0 radical (unpaired) electrons. The summed E-state index contributed by atoms with van der Waals surface area (Å²) in [5.41, 5.74) is 6.66. The lowest BCUT2D eigenvalue weighted by Crippen LogP contribution is -2.35. The van der Waals surface area contributed by atoms with Gasteiger partial charge in [0, 0.05) is 25.3 Å². The Morgan fingerprint density at radius 3 is 3.04 bits per heavy atom. The van der Waals surface area contributed by atoms with E-state index in [0.29, 0.717) is 24.8 Å². The third-order valence-corrected chi connectivity index (χ3v) is 4.73. The van der Waals surface area contributed by atoms with E-state index in [9.17, 15) is 4.79 Å². The van der Waals surface area contributed by atoms with Crippen LogP contribution in [0.5, 0.6) is 0 Å². The zero-order valence-electron chi connectivity index (χ0n) is 14.6. The zero-order chi connectivity index (χ0) is 17.6. The largest absolute Gasteiger partial charge is 0.472 e. The fourth-order valence-corrected chi connectivity index (χ4v) is 3.29. The molecule has 1 aliphatic heterocycles. The van der Waals surface area contributed by atoms with Gasteiger partial charge in [-0.3, -0.25) is 9.69 Å². The van der Waals surface area contributed by atoms with Crippen molar-refractivity contribution in [2.75, 3.05) is 25.9 Å². The van der Waals surface area contributed by atoms with E-state index in [4.69, 9.17) is 10.2 Å². The molecule has 1 fully saturated rings. The molecule has 0 aliphatic carbocycles. The molecule has 0 spiro atoms. The second-order valence-corrected chi connectivity index (χ2v) is 6.59. The lowest BCUT2D eigenvalue weighted by molar-refractivity contribution is -0.130. The van der Waals surface area contributed by atoms with Crippen LogP contribution >= 0.6 is 0 Å². The summed E-state index contributed by atoms with van der Waals surface area (Å²) in [4.78, 5) is 25.2. The number of amides is 1. The Bertz CT molecular complexity index is 689. The fourth-order valence-electron chi connectivity index (χ4n) is 3.29. The Balaban J connectivity index is 1.53. The van der Waals surface area contributed by atoms with Crippen molar-refractivity contribution in [3.63, 3.8) is 0 Å². The number of likely N-dealkylation sites (tertiary alicyclic amines) is 1. The minimum absolute atomic E-state index is 0.170. The summed E-state index contributed by atoms with van der Waals surface area (Å²) in [6, 6.07) is 3.95. The van der Waals surface area contributed by atoms with Gasteiger partial charge in [-0.2, -0.15) is 0 Å². The van der Waals surface area contributed by atoms with Crippen molar-refractivity contribution in [3.05, 3.63) is 42.2 Å². The van der Waals surface area contributed by atoms with Crippen LogP contribution in [0, 0.1) is 0 Å². The molecular formula is C18H25N5O2. The van der Waals surface area contributed by atoms with E-state index < -0.39 is 0 Å². The van der Waals surface area contributed by atoms with Gasteiger partial charge < -0.3 is 15.1 Å². The highest BCUT2D eigenvalue weighted by Gasteiger charge is 2.23. The molecule has 1 unspecified atom stereocenters. The van der Waals surface area contributed by atoms with E-state index in [1.165, 1.54) is 0 Å². The van der Waals surface area contributed by atoms with Crippen molar-refractivity contribution in [1.29, 1.82) is 0 Å². The normalized spacial score (nSPS) is 18.3. The average Bonchev–Trinajstić information content (AvgIpc) is 2.95. The number of nitrogens with two attached hydrogens (primary N) is 1. The molecule has 25 heavy (non-hydrogen) atoms. The van der Waals surface area contributed by atoms with Crippen LogP contribution in [-0.4, -0.2) is 51.9 Å². The Labute approximate surface area is 147 Å². The highest BCUT2D eigenvalue weighted by atomic mass is 16.3. The highest BCUT2D eigenvalue weighted by molar-refractivity contribution is 5.78. The summed E-state index contributed by atoms with van der Waals surface area (Å²) in [6.45, 7) is 2.26. The predicted molar refractivity (Wildman–Crippen MR) is 94.5 cm³/mol. The number of furan rings is 1. The molecule has 1 aliphatic rings. The Morgan fingerprint density at radius 2 is 2.28 bits per heavy atom. The van der Waals surface area contributed by atoms with Gasteiger partial charge in [0.15, 0.2) is 0 Å². The summed E-state index contributed by atoms with van der Waals surface area (Å²) < 4.78 is 5.04. The van der Waals surface area contributed by atoms with Gasteiger partial charge in [0.25, 0.3) is 0 Å². The van der Waals surface area contributed by atoms with Gasteiger partial charge in [-0.1, -0.05) is 0 Å². The quantitative estimate of drug-likeness (QED) is 0.889. The number of rotatable bonds is 5. The number of hydrogen-bond donors (Lipinski definition) is 1. The molecule has 0 aromatic carbocycles. The molecule has 2 N–H and O–H groups in total. The van der Waals surface area contributed by atoms with Gasteiger partial charge in [-0.25, -0.2) is 9.97 Å². The molecular weight excluding hydrogens is 318 g/mol. The molecule has 0 bridgehead atoms. The molecule has 134 valence electrons. The van der Waals surface area contributed by atoms with Crippen LogP contribution in [-0.2, 0) is 17.8 Å². The minimum Gasteiger partial charge on any atom is -0.472 e. The molecule has 7 nitrogen and oxygen atoms in total. The summed E-state index contributed by atoms with van der Waals surface area (Å²) >= 11 is 0. The molecule has 0 saturated carbocycles. The molecule has 2 aromatic rings. The first kappa shape index (κ1) is 17.4. The topological polar surface area (TPSA) is 88.5 Å². The van der Waals surface area contributed by atoms with Crippen LogP contribution in [0.15, 0.2) is 35.3 Å². The van der Waals surface area contributed by atoms with Crippen LogP contribution in [0.25, 0.3) is 0 Å². The molecule has 3 heterocycles. The Hall–Kier alpha value is -2.41. The van der Waals surface area contributed by atoms with Crippen molar-refractivity contribution in [2.24, 2.45) is 0 Å². The lowest BCUT2D eigenvalue weighted by Gasteiger charge is -2.26. The summed E-state index contributed by atoms with van der Waals surface area (Å²) in [7, 11) is 2.08. The summed E-state index contributed by atoms with van der Waals surface area (Å²) in [5, 5.41) is 0. The highest BCUT2D eigenvalue weighted by Crippen LogP contribution is 2.18. The zero-order valence-corrected chi connectivity index (χ0v) is 14.6. The number of carbonyl (C=O) groups excluding carboxylic acids is 1. The monoisotopic (exact) mass is 343 g/mol. The Kier molecular flexibility index (Phi) is 5.65. The summed E-state index contributed by atoms with van der Waals surface area (Å²) in [5.74, 6) is 1.40. The third-order valence-electron chi connectivity index (χ3n) is 4.73. The maximum absolute atomic E-state index is 12.5. The number of anilines is 1. The van der Waals surface area contributed by atoms with E-state index in [1.54, 1.807) is 24.8 Å². The average molecular weight is 343 g/mol. The van der Waals surface area contributed by atoms with Crippen molar-refractivity contribution in [3.8, 4) is 0 Å². The van der Waals surface area contributed by atoms with E-state index in [2.05, 4.69) is 21.9 Å². The molecule has 3 rings (SSSR count). The van der Waals surface area contributed by atoms with Crippen molar-refractivity contribution in [2.45, 2.75) is 38.3 Å². The van der Waals surface area contributed by atoms with Gasteiger partial charge >= 0.3 is 0 Å². The van der Waals surface area contributed by atoms with Gasteiger partial charge in [0.1, 0.15) is 11.6 Å². The van der Waals surface area contributed by atoms with Gasteiger partial charge in [-0.15, -0.1) is 0 Å². The lowest BCUT2D eigenvalue weighted by atomic mass is 10.1. The number of carbonyl (C=O) groups is 1. The van der Waals surface area contributed by atoms with Crippen LogP contribution in [0.1, 0.15) is 30.7 Å². The van der Waals surface area contributed by atoms with E-state index in [0.717, 1.165) is 43.7 Å². The van der Waals surface area contributed by atoms with Gasteiger partial charge in [0.2, 0.25) is 5.91 Å². The van der Waals surface area contributed by atoms with Crippen molar-refractivity contribution < 1.29 is 9.21 Å². The molecule has 1 atom stereocenters. The fraction of sp³-hybridized carbons (Fsp3) is 0.500. The van der Waals surface area contributed by atoms with E-state index in [1.807, 2.05) is 11.0 Å². The summed E-state index contributed by atoms with van der Waals surface area (Å²) in [6.07, 6.45) is 8.36. The second kappa shape index (κ2) is 8.11. The first-order valence-corrected chi connectivity index (χ1v) is 8.68. The molecule has 1 amide bonds. The molecule has 2 aromatic heterocycles. The number of nitrogen functional groups attached to an aromatic ring is 1. The number of nitrogens with zero attached hydrogens (tertiary/aromatic N) is 4. The van der Waals surface area contributed by atoms with Crippen molar-refractivity contribution >= 4 is 11.7 Å².